The van der Waals surface area contributed by atoms with Crippen LogP contribution in [0, 0.1) is 5.92 Å². The van der Waals surface area contributed by atoms with E-state index in [1.54, 1.807) is 0 Å². The van der Waals surface area contributed by atoms with E-state index in [1.807, 2.05) is 18.2 Å². The van der Waals surface area contributed by atoms with Crippen LogP contribution >= 0.6 is 11.6 Å². The molecule has 19 heavy (non-hydrogen) atoms. The van der Waals surface area contributed by atoms with Gasteiger partial charge in [-0.25, -0.2) is 0 Å². The molecule has 0 radical (unpaired) electrons. The van der Waals surface area contributed by atoms with Crippen LogP contribution in [0.2, 0.25) is 0 Å². The summed E-state index contributed by atoms with van der Waals surface area (Å²) in [5.74, 6) is 2.45. The number of hydrogen-bond acceptors (Lipinski definition) is 2. The Morgan fingerprint density at radius 2 is 2.16 bits per heavy atom. The van der Waals surface area contributed by atoms with Gasteiger partial charge in [-0.1, -0.05) is 6.92 Å². The van der Waals surface area contributed by atoms with E-state index in [0.717, 1.165) is 42.6 Å². The molecule has 1 atom stereocenters. The monoisotopic (exact) mass is 280 g/mol. The van der Waals surface area contributed by atoms with E-state index in [1.165, 1.54) is 0 Å². The molecule has 0 aromatic heterocycles. The van der Waals surface area contributed by atoms with Crippen molar-refractivity contribution in [2.24, 2.45) is 5.92 Å². The summed E-state index contributed by atoms with van der Waals surface area (Å²) in [7, 11) is 0. The fourth-order valence-corrected chi connectivity index (χ4v) is 2.79. The van der Waals surface area contributed by atoms with Crippen LogP contribution in [0.1, 0.15) is 48.5 Å². The van der Waals surface area contributed by atoms with Gasteiger partial charge < -0.3 is 4.74 Å². The molecule has 1 aromatic carbocycles. The van der Waals surface area contributed by atoms with Gasteiger partial charge in [-0.15, -0.1) is 11.6 Å². The molecule has 0 saturated carbocycles. The van der Waals surface area contributed by atoms with Crippen molar-refractivity contribution >= 4 is 17.4 Å². The lowest BCUT2D eigenvalue weighted by atomic mass is 9.90. The Morgan fingerprint density at radius 3 is 2.95 bits per heavy atom. The Kier molecular flexibility index (Phi) is 5.26. The van der Waals surface area contributed by atoms with Crippen LogP contribution in [0.5, 0.6) is 5.75 Å². The third-order valence-corrected chi connectivity index (χ3v) is 3.93. The first-order chi connectivity index (χ1) is 9.20. The lowest BCUT2D eigenvalue weighted by Crippen LogP contribution is -2.11. The number of benzene rings is 1. The number of ether oxygens (including phenoxy) is 1. The molecule has 0 amide bonds. The first-order valence-electron chi connectivity index (χ1n) is 7.05. The van der Waals surface area contributed by atoms with Crippen LogP contribution in [0.15, 0.2) is 18.2 Å². The predicted octanol–water partition coefficient (Wildman–Crippen LogP) is 4.24. The molecule has 3 heteroatoms. The second-order valence-corrected chi connectivity index (χ2v) is 5.69. The number of Topliss-reactive ketones (excluding diaryl/α,β-unsaturated/α-hetero) is 1. The molecule has 0 saturated heterocycles. The zero-order valence-corrected chi connectivity index (χ0v) is 12.2. The van der Waals surface area contributed by atoms with Crippen molar-refractivity contribution in [3.8, 4) is 5.75 Å². The summed E-state index contributed by atoms with van der Waals surface area (Å²) >= 11 is 5.71. The maximum atomic E-state index is 11.7. The summed E-state index contributed by atoms with van der Waals surface area (Å²) in [5.41, 5.74) is 2.02. The number of aryl methyl sites for hydroxylation is 1. The second kappa shape index (κ2) is 6.95. The molecule has 1 aliphatic rings. The highest BCUT2D eigenvalue weighted by molar-refractivity contribution is 6.17. The van der Waals surface area contributed by atoms with Gasteiger partial charge in [0.15, 0.2) is 5.78 Å². The number of carbonyl (C=O) groups excluding carboxylic acids is 1. The van der Waals surface area contributed by atoms with Crippen molar-refractivity contribution in [3.05, 3.63) is 29.3 Å². The van der Waals surface area contributed by atoms with Crippen LogP contribution in [0.3, 0.4) is 0 Å². The highest BCUT2D eigenvalue weighted by Crippen LogP contribution is 2.25. The van der Waals surface area contributed by atoms with Gasteiger partial charge in [0.05, 0.1) is 6.61 Å². The fraction of sp³-hybridized carbons (Fsp3) is 0.562. The highest BCUT2D eigenvalue weighted by atomic mass is 35.5. The van der Waals surface area contributed by atoms with E-state index in [2.05, 4.69) is 6.92 Å². The van der Waals surface area contributed by atoms with Crippen molar-refractivity contribution in [1.82, 2.24) is 0 Å². The molecule has 104 valence electrons. The largest absolute Gasteiger partial charge is 0.494 e. The van der Waals surface area contributed by atoms with Gasteiger partial charge in [0.1, 0.15) is 5.75 Å². The van der Waals surface area contributed by atoms with Crippen molar-refractivity contribution in [1.29, 1.82) is 0 Å². The number of fused-ring (bicyclic) bond motifs is 1. The molecule has 0 bridgehead atoms. The molecule has 0 fully saturated rings. The fourth-order valence-electron chi connectivity index (χ4n) is 2.42. The maximum absolute atomic E-state index is 11.7. The topological polar surface area (TPSA) is 26.3 Å². The molecule has 1 unspecified atom stereocenters. The standard InChI is InChI=1S/C16H21ClO2/c1-12(7-9-17)8-10-19-14-5-6-15-13(11-14)3-2-4-16(15)18/h5-6,11-12H,2-4,7-10H2,1H3. The third kappa shape index (κ3) is 3.97. The number of rotatable bonds is 6. The van der Waals surface area contributed by atoms with E-state index < -0.39 is 0 Å². The summed E-state index contributed by atoms with van der Waals surface area (Å²) in [6.07, 6.45) is 4.68. The molecular formula is C16H21ClO2. The van der Waals surface area contributed by atoms with Crippen LogP contribution in [-0.4, -0.2) is 18.3 Å². The molecule has 2 nitrogen and oxygen atoms in total. The van der Waals surface area contributed by atoms with Crippen molar-refractivity contribution < 1.29 is 9.53 Å². The van der Waals surface area contributed by atoms with Crippen molar-refractivity contribution in [2.75, 3.05) is 12.5 Å². The highest BCUT2D eigenvalue weighted by Gasteiger charge is 2.17. The van der Waals surface area contributed by atoms with Gasteiger partial charge in [0, 0.05) is 17.9 Å². The molecule has 0 spiro atoms. The number of halogens is 1. The van der Waals surface area contributed by atoms with E-state index in [9.17, 15) is 4.79 Å². The second-order valence-electron chi connectivity index (χ2n) is 5.32. The number of hydrogen-bond donors (Lipinski definition) is 0. The summed E-state index contributed by atoms with van der Waals surface area (Å²) in [4.78, 5) is 11.7. The molecular weight excluding hydrogens is 260 g/mol. The third-order valence-electron chi connectivity index (χ3n) is 3.71. The van der Waals surface area contributed by atoms with Gasteiger partial charge in [0.25, 0.3) is 0 Å². The zero-order chi connectivity index (χ0) is 13.7. The van der Waals surface area contributed by atoms with Crippen LogP contribution in [0.25, 0.3) is 0 Å². The Morgan fingerprint density at radius 1 is 1.32 bits per heavy atom. The first-order valence-corrected chi connectivity index (χ1v) is 7.59. The zero-order valence-electron chi connectivity index (χ0n) is 11.5. The van der Waals surface area contributed by atoms with Crippen LogP contribution in [-0.2, 0) is 6.42 Å². The van der Waals surface area contributed by atoms with Crippen molar-refractivity contribution in [2.45, 2.75) is 39.0 Å². The number of carbonyl (C=O) groups is 1. The quantitative estimate of drug-likeness (QED) is 0.729. The number of ketones is 1. The van der Waals surface area contributed by atoms with E-state index >= 15 is 0 Å². The minimum Gasteiger partial charge on any atom is -0.494 e. The molecule has 1 aliphatic carbocycles. The lowest BCUT2D eigenvalue weighted by molar-refractivity contribution is 0.0972. The van der Waals surface area contributed by atoms with Gasteiger partial charge in [-0.3, -0.25) is 4.79 Å². The maximum Gasteiger partial charge on any atom is 0.163 e. The minimum atomic E-state index is 0.267. The van der Waals surface area contributed by atoms with Gasteiger partial charge >= 0.3 is 0 Å². The molecule has 1 aromatic rings. The first kappa shape index (κ1) is 14.4. The Balaban J connectivity index is 1.90. The van der Waals surface area contributed by atoms with E-state index in [4.69, 9.17) is 16.3 Å². The normalized spacial score (nSPS) is 16.0. The van der Waals surface area contributed by atoms with Crippen LogP contribution in [0.4, 0.5) is 0 Å². The van der Waals surface area contributed by atoms with Gasteiger partial charge in [0.2, 0.25) is 0 Å². The summed E-state index contributed by atoms with van der Waals surface area (Å²) in [6, 6.07) is 5.85. The molecule has 0 N–H and O–H groups in total. The molecule has 0 aliphatic heterocycles. The van der Waals surface area contributed by atoms with E-state index in [0.29, 0.717) is 24.8 Å². The average Bonchev–Trinajstić information content (AvgIpc) is 2.39. The lowest BCUT2D eigenvalue weighted by Gasteiger charge is -2.16. The van der Waals surface area contributed by atoms with Gasteiger partial charge in [-0.2, -0.15) is 0 Å². The Labute approximate surface area is 120 Å². The summed E-state index contributed by atoms with van der Waals surface area (Å²) in [6.45, 7) is 2.90. The summed E-state index contributed by atoms with van der Waals surface area (Å²) < 4.78 is 5.77. The predicted molar refractivity (Wildman–Crippen MR) is 78.3 cm³/mol. The van der Waals surface area contributed by atoms with Crippen LogP contribution < -0.4 is 4.74 Å². The smallest absolute Gasteiger partial charge is 0.163 e. The van der Waals surface area contributed by atoms with E-state index in [-0.39, 0.29) is 5.78 Å². The van der Waals surface area contributed by atoms with Crippen molar-refractivity contribution in [3.63, 3.8) is 0 Å². The Hall–Kier alpha value is -1.02. The SMILES string of the molecule is CC(CCCl)CCOc1ccc2c(c1)CCCC2=O. The summed E-state index contributed by atoms with van der Waals surface area (Å²) in [5, 5.41) is 0. The molecule has 2 rings (SSSR count). The Bertz CT molecular complexity index is 442. The number of alkyl halides is 1. The van der Waals surface area contributed by atoms with Gasteiger partial charge in [-0.05, 0) is 55.4 Å². The minimum absolute atomic E-state index is 0.267. The average molecular weight is 281 g/mol. The molecule has 0 heterocycles.